The van der Waals surface area contributed by atoms with Crippen molar-refractivity contribution in [2.24, 2.45) is 5.41 Å². The molecule has 2 fully saturated rings. The molecule has 0 aromatic rings. The van der Waals surface area contributed by atoms with Crippen molar-refractivity contribution in [3.8, 4) is 0 Å². The van der Waals surface area contributed by atoms with E-state index in [1.54, 1.807) is 11.8 Å². The van der Waals surface area contributed by atoms with Crippen LogP contribution in [0.4, 0.5) is 4.79 Å². The SMILES string of the molecule is CC1(C(=O)O)CCN(C(=O)NCCN2CCOCC2)CC1. The quantitative estimate of drug-likeness (QED) is 0.776. The van der Waals surface area contributed by atoms with Crippen LogP contribution >= 0.6 is 0 Å². The number of carboxylic acids is 1. The number of aliphatic carboxylic acids is 1. The average molecular weight is 299 g/mol. The smallest absolute Gasteiger partial charge is 0.317 e. The fraction of sp³-hybridized carbons (Fsp3) is 0.857. The molecule has 0 aliphatic carbocycles. The fourth-order valence-electron chi connectivity index (χ4n) is 2.67. The Bertz CT molecular complexity index is 374. The van der Waals surface area contributed by atoms with Gasteiger partial charge in [-0.2, -0.15) is 0 Å². The summed E-state index contributed by atoms with van der Waals surface area (Å²) in [4.78, 5) is 27.2. The van der Waals surface area contributed by atoms with Gasteiger partial charge < -0.3 is 20.1 Å². The van der Waals surface area contributed by atoms with Gasteiger partial charge in [-0.05, 0) is 19.8 Å². The van der Waals surface area contributed by atoms with Crippen LogP contribution in [0.3, 0.4) is 0 Å². The zero-order chi connectivity index (χ0) is 15.3. The Balaban J connectivity index is 1.66. The number of carboxylic acid groups (broad SMARTS) is 1. The highest BCUT2D eigenvalue weighted by Crippen LogP contribution is 2.30. The lowest BCUT2D eigenvalue weighted by Crippen LogP contribution is -2.50. The number of rotatable bonds is 4. The number of piperidine rings is 1. The number of nitrogens with one attached hydrogen (secondary N) is 1. The van der Waals surface area contributed by atoms with Gasteiger partial charge in [-0.25, -0.2) is 4.79 Å². The third-order valence-electron chi connectivity index (χ3n) is 4.48. The lowest BCUT2D eigenvalue weighted by molar-refractivity contribution is -0.150. The first-order valence-electron chi connectivity index (χ1n) is 7.57. The molecule has 2 amide bonds. The van der Waals surface area contributed by atoms with E-state index in [1.165, 1.54) is 0 Å². The van der Waals surface area contributed by atoms with E-state index >= 15 is 0 Å². The van der Waals surface area contributed by atoms with Crippen LogP contribution < -0.4 is 5.32 Å². The van der Waals surface area contributed by atoms with E-state index in [1.807, 2.05) is 0 Å². The summed E-state index contributed by atoms with van der Waals surface area (Å²) in [7, 11) is 0. The third kappa shape index (κ3) is 4.31. The number of urea groups is 1. The Labute approximate surface area is 125 Å². The van der Waals surface area contributed by atoms with Gasteiger partial charge in [0.1, 0.15) is 0 Å². The number of hydrogen-bond donors (Lipinski definition) is 2. The predicted octanol–water partition coefficient (Wildman–Crippen LogP) is 0.215. The maximum atomic E-state index is 12.0. The van der Waals surface area contributed by atoms with Crippen molar-refractivity contribution in [3.05, 3.63) is 0 Å². The number of hydrogen-bond acceptors (Lipinski definition) is 4. The van der Waals surface area contributed by atoms with Gasteiger partial charge in [0.2, 0.25) is 0 Å². The normalized spacial score (nSPS) is 22.8. The highest BCUT2D eigenvalue weighted by molar-refractivity contribution is 5.76. The first kappa shape index (κ1) is 16.0. The van der Waals surface area contributed by atoms with Gasteiger partial charge in [0, 0.05) is 39.3 Å². The van der Waals surface area contributed by atoms with Crippen LogP contribution in [0.15, 0.2) is 0 Å². The highest BCUT2D eigenvalue weighted by Gasteiger charge is 2.37. The molecule has 2 aliphatic heterocycles. The Kier molecular flexibility index (Phi) is 5.41. The number of nitrogens with zero attached hydrogens (tertiary/aromatic N) is 2. The van der Waals surface area contributed by atoms with Crippen molar-refractivity contribution in [2.75, 3.05) is 52.5 Å². The first-order chi connectivity index (χ1) is 10.0. The molecule has 0 aromatic carbocycles. The molecular weight excluding hydrogens is 274 g/mol. The number of amides is 2. The highest BCUT2D eigenvalue weighted by atomic mass is 16.5. The minimum Gasteiger partial charge on any atom is -0.481 e. The Hall–Kier alpha value is -1.34. The molecule has 0 saturated carbocycles. The van der Waals surface area contributed by atoms with E-state index in [2.05, 4.69) is 10.2 Å². The summed E-state index contributed by atoms with van der Waals surface area (Å²) in [6.45, 7) is 7.55. The van der Waals surface area contributed by atoms with Crippen LogP contribution in [-0.4, -0.2) is 79.4 Å². The van der Waals surface area contributed by atoms with E-state index in [9.17, 15) is 14.7 Å². The molecule has 0 unspecified atom stereocenters. The zero-order valence-corrected chi connectivity index (χ0v) is 12.6. The number of carbonyl (C=O) groups is 2. The lowest BCUT2D eigenvalue weighted by atomic mass is 9.80. The van der Waals surface area contributed by atoms with E-state index < -0.39 is 11.4 Å². The van der Waals surface area contributed by atoms with Gasteiger partial charge in [-0.1, -0.05) is 0 Å². The number of carbonyl (C=O) groups excluding carboxylic acids is 1. The van der Waals surface area contributed by atoms with Crippen molar-refractivity contribution in [1.29, 1.82) is 0 Å². The minimum atomic E-state index is -0.769. The van der Waals surface area contributed by atoms with Crippen molar-refractivity contribution < 1.29 is 19.4 Å². The molecule has 0 atom stereocenters. The van der Waals surface area contributed by atoms with Gasteiger partial charge in [0.05, 0.1) is 18.6 Å². The molecule has 2 aliphatic rings. The minimum absolute atomic E-state index is 0.0873. The summed E-state index contributed by atoms with van der Waals surface area (Å²) < 4.78 is 5.28. The standard InChI is InChI=1S/C14H25N3O4/c1-14(12(18)19)2-5-17(6-3-14)13(20)15-4-7-16-8-10-21-11-9-16/h2-11H2,1H3,(H,15,20)(H,18,19). The zero-order valence-electron chi connectivity index (χ0n) is 12.6. The predicted molar refractivity (Wildman–Crippen MR) is 77.2 cm³/mol. The number of ether oxygens (including phenoxy) is 1. The molecular formula is C14H25N3O4. The molecule has 0 bridgehead atoms. The second-order valence-corrected chi connectivity index (χ2v) is 6.04. The summed E-state index contributed by atoms with van der Waals surface area (Å²) in [6, 6.07) is -0.0873. The molecule has 0 radical (unpaired) electrons. The monoisotopic (exact) mass is 299 g/mol. The Morgan fingerprint density at radius 3 is 2.38 bits per heavy atom. The first-order valence-corrected chi connectivity index (χ1v) is 7.57. The summed E-state index contributed by atoms with van der Waals surface area (Å²) in [5.41, 5.74) is -0.690. The van der Waals surface area contributed by atoms with Crippen molar-refractivity contribution in [3.63, 3.8) is 0 Å². The van der Waals surface area contributed by atoms with Crippen molar-refractivity contribution in [1.82, 2.24) is 15.1 Å². The molecule has 7 heteroatoms. The maximum Gasteiger partial charge on any atom is 0.317 e. The van der Waals surface area contributed by atoms with E-state index in [4.69, 9.17) is 4.74 Å². The maximum absolute atomic E-state index is 12.0. The second kappa shape index (κ2) is 7.09. The van der Waals surface area contributed by atoms with Crippen LogP contribution in [0.2, 0.25) is 0 Å². The summed E-state index contributed by atoms with van der Waals surface area (Å²) in [5, 5.41) is 12.1. The fourth-order valence-corrected chi connectivity index (χ4v) is 2.67. The summed E-state index contributed by atoms with van der Waals surface area (Å²) >= 11 is 0. The van der Waals surface area contributed by atoms with E-state index in [-0.39, 0.29) is 6.03 Å². The van der Waals surface area contributed by atoms with Crippen LogP contribution in [-0.2, 0) is 9.53 Å². The topological polar surface area (TPSA) is 82.1 Å². The molecule has 120 valence electrons. The van der Waals surface area contributed by atoms with E-state index in [0.717, 1.165) is 32.8 Å². The lowest BCUT2D eigenvalue weighted by Gasteiger charge is -2.36. The number of likely N-dealkylation sites (tertiary alicyclic amines) is 1. The number of morpholine rings is 1. The molecule has 2 rings (SSSR count). The molecule has 21 heavy (non-hydrogen) atoms. The molecule has 2 N–H and O–H groups in total. The Morgan fingerprint density at radius 2 is 1.81 bits per heavy atom. The van der Waals surface area contributed by atoms with Gasteiger partial charge in [-0.3, -0.25) is 9.69 Å². The molecule has 0 aromatic heterocycles. The summed E-state index contributed by atoms with van der Waals surface area (Å²) in [5.74, 6) is -0.769. The van der Waals surface area contributed by atoms with Crippen LogP contribution in [0, 0.1) is 5.41 Å². The molecule has 2 heterocycles. The molecule has 0 spiro atoms. The van der Waals surface area contributed by atoms with Crippen LogP contribution in [0.5, 0.6) is 0 Å². The van der Waals surface area contributed by atoms with Crippen molar-refractivity contribution >= 4 is 12.0 Å². The largest absolute Gasteiger partial charge is 0.481 e. The molecule has 2 saturated heterocycles. The van der Waals surface area contributed by atoms with Crippen LogP contribution in [0.1, 0.15) is 19.8 Å². The third-order valence-corrected chi connectivity index (χ3v) is 4.48. The Morgan fingerprint density at radius 1 is 1.19 bits per heavy atom. The molecule has 7 nitrogen and oxygen atoms in total. The van der Waals surface area contributed by atoms with Crippen LogP contribution in [0.25, 0.3) is 0 Å². The van der Waals surface area contributed by atoms with Gasteiger partial charge in [0.15, 0.2) is 0 Å². The van der Waals surface area contributed by atoms with Crippen molar-refractivity contribution in [2.45, 2.75) is 19.8 Å². The van der Waals surface area contributed by atoms with Gasteiger partial charge in [0.25, 0.3) is 0 Å². The van der Waals surface area contributed by atoms with Gasteiger partial charge in [-0.15, -0.1) is 0 Å². The average Bonchev–Trinajstić information content (AvgIpc) is 2.49. The van der Waals surface area contributed by atoms with E-state index in [0.29, 0.717) is 32.5 Å². The van der Waals surface area contributed by atoms with Gasteiger partial charge >= 0.3 is 12.0 Å². The second-order valence-electron chi connectivity index (χ2n) is 6.04. The summed E-state index contributed by atoms with van der Waals surface area (Å²) in [6.07, 6.45) is 1.03.